The highest BCUT2D eigenvalue weighted by Crippen LogP contribution is 2.35. The molecule has 0 spiro atoms. The van der Waals surface area contributed by atoms with Crippen molar-refractivity contribution in [1.29, 1.82) is 0 Å². The van der Waals surface area contributed by atoms with Crippen LogP contribution in [-0.2, 0) is 14.3 Å². The number of amides is 2. The van der Waals surface area contributed by atoms with Crippen molar-refractivity contribution < 1.29 is 28.6 Å². The fraction of sp³-hybridized carbons (Fsp3) is 0.308. The first kappa shape index (κ1) is 17.8. The van der Waals surface area contributed by atoms with Gasteiger partial charge in [0.1, 0.15) is 16.0 Å². The van der Waals surface area contributed by atoms with E-state index in [4.69, 9.17) is 19.9 Å². The van der Waals surface area contributed by atoms with Crippen LogP contribution in [0, 0.1) is 0 Å². The van der Waals surface area contributed by atoms with Gasteiger partial charge in [-0.05, 0) is 28.1 Å². The van der Waals surface area contributed by atoms with Crippen LogP contribution in [0.2, 0.25) is 0 Å². The van der Waals surface area contributed by atoms with Crippen LogP contribution >= 0.6 is 15.9 Å². The van der Waals surface area contributed by atoms with Gasteiger partial charge in [-0.15, -0.1) is 0 Å². The number of carbonyl (C=O) groups excluding carboxylic acids is 3. The molecule has 22 heavy (non-hydrogen) atoms. The van der Waals surface area contributed by atoms with Gasteiger partial charge in [0.05, 0.1) is 26.3 Å². The summed E-state index contributed by atoms with van der Waals surface area (Å²) in [6.45, 7) is -0.858. The van der Waals surface area contributed by atoms with Crippen molar-refractivity contribution in [3.8, 4) is 11.5 Å². The van der Waals surface area contributed by atoms with Gasteiger partial charge in [0.15, 0.2) is 6.61 Å². The number of benzene rings is 1. The SMILES string of the molecule is COc1cc(C(=O)OCC(=O)NCC(N)=O)cc(OC)c1Br. The van der Waals surface area contributed by atoms with E-state index in [2.05, 4.69) is 21.2 Å². The Morgan fingerprint density at radius 2 is 1.73 bits per heavy atom. The number of ether oxygens (including phenoxy) is 3. The summed E-state index contributed by atoms with van der Waals surface area (Å²) < 4.78 is 15.6. The molecule has 0 radical (unpaired) electrons. The molecule has 0 heterocycles. The quantitative estimate of drug-likeness (QED) is 0.659. The van der Waals surface area contributed by atoms with Crippen LogP contribution in [0.25, 0.3) is 0 Å². The third kappa shape index (κ3) is 4.92. The molecule has 0 atom stereocenters. The van der Waals surface area contributed by atoms with Crippen molar-refractivity contribution >= 4 is 33.7 Å². The van der Waals surface area contributed by atoms with E-state index in [-0.39, 0.29) is 12.1 Å². The van der Waals surface area contributed by atoms with E-state index in [1.807, 2.05) is 0 Å². The molecular formula is C13H15BrN2O6. The summed E-state index contributed by atoms with van der Waals surface area (Å²) in [5.74, 6) is -1.31. The number of primary amides is 1. The van der Waals surface area contributed by atoms with Crippen LogP contribution in [0.5, 0.6) is 11.5 Å². The molecule has 1 aromatic carbocycles. The Labute approximate surface area is 135 Å². The molecular weight excluding hydrogens is 360 g/mol. The first-order valence-electron chi connectivity index (χ1n) is 6.02. The van der Waals surface area contributed by atoms with Crippen LogP contribution in [0.15, 0.2) is 16.6 Å². The van der Waals surface area contributed by atoms with E-state index in [1.165, 1.54) is 26.4 Å². The Kier molecular flexibility index (Phi) is 6.64. The van der Waals surface area contributed by atoms with Crippen LogP contribution in [0.1, 0.15) is 10.4 Å². The van der Waals surface area contributed by atoms with E-state index in [0.717, 1.165) is 0 Å². The summed E-state index contributed by atoms with van der Waals surface area (Å²) in [6.07, 6.45) is 0. The zero-order chi connectivity index (χ0) is 16.7. The molecule has 0 aliphatic carbocycles. The van der Waals surface area contributed by atoms with Crippen LogP contribution in [0.3, 0.4) is 0 Å². The molecule has 0 aliphatic heterocycles. The number of rotatable bonds is 7. The summed E-state index contributed by atoms with van der Waals surface area (Å²) in [7, 11) is 2.87. The third-order valence-corrected chi connectivity index (χ3v) is 3.26. The molecule has 9 heteroatoms. The standard InChI is InChI=1S/C13H15BrN2O6/c1-20-8-3-7(4-9(21-2)12(8)14)13(19)22-6-11(18)16-5-10(15)17/h3-4H,5-6H2,1-2H3,(H2,15,17)(H,16,18). The van der Waals surface area contributed by atoms with Crippen molar-refractivity contribution in [2.24, 2.45) is 5.73 Å². The largest absolute Gasteiger partial charge is 0.495 e. The van der Waals surface area contributed by atoms with Gasteiger partial charge in [0.2, 0.25) is 5.91 Å². The normalized spacial score (nSPS) is 9.77. The lowest BCUT2D eigenvalue weighted by Crippen LogP contribution is -2.35. The molecule has 120 valence electrons. The second kappa shape index (κ2) is 8.23. The van der Waals surface area contributed by atoms with Gasteiger partial charge in [-0.3, -0.25) is 9.59 Å². The predicted octanol–water partition coefficient (Wildman–Crippen LogP) is 0.225. The third-order valence-electron chi connectivity index (χ3n) is 2.48. The second-order valence-corrected chi connectivity index (χ2v) is 4.81. The highest BCUT2D eigenvalue weighted by Gasteiger charge is 2.16. The maximum absolute atomic E-state index is 11.9. The van der Waals surface area contributed by atoms with E-state index in [1.54, 1.807) is 0 Å². The summed E-state index contributed by atoms with van der Waals surface area (Å²) in [4.78, 5) is 33.7. The minimum Gasteiger partial charge on any atom is -0.495 e. The summed E-state index contributed by atoms with van der Waals surface area (Å²) in [5, 5.41) is 2.20. The molecule has 0 saturated heterocycles. The zero-order valence-electron chi connectivity index (χ0n) is 12.0. The Morgan fingerprint density at radius 1 is 1.18 bits per heavy atom. The number of hydrogen-bond donors (Lipinski definition) is 2. The summed E-state index contributed by atoms with van der Waals surface area (Å²) in [6, 6.07) is 2.88. The van der Waals surface area contributed by atoms with E-state index < -0.39 is 24.4 Å². The first-order valence-corrected chi connectivity index (χ1v) is 6.82. The van der Waals surface area contributed by atoms with Gasteiger partial charge in [0, 0.05) is 0 Å². The van der Waals surface area contributed by atoms with E-state index in [9.17, 15) is 14.4 Å². The van der Waals surface area contributed by atoms with Gasteiger partial charge in [0.25, 0.3) is 5.91 Å². The Bertz CT molecular complexity index is 565. The number of methoxy groups -OCH3 is 2. The van der Waals surface area contributed by atoms with Crippen molar-refractivity contribution in [1.82, 2.24) is 5.32 Å². The Balaban J connectivity index is 2.73. The topological polar surface area (TPSA) is 117 Å². The highest BCUT2D eigenvalue weighted by molar-refractivity contribution is 9.10. The number of esters is 1. The molecule has 3 N–H and O–H groups in total. The lowest BCUT2D eigenvalue weighted by atomic mass is 10.2. The van der Waals surface area contributed by atoms with Gasteiger partial charge in [-0.1, -0.05) is 0 Å². The van der Waals surface area contributed by atoms with Crippen molar-refractivity contribution in [3.05, 3.63) is 22.2 Å². The fourth-order valence-electron chi connectivity index (χ4n) is 1.44. The van der Waals surface area contributed by atoms with Crippen LogP contribution in [0.4, 0.5) is 0 Å². The second-order valence-electron chi connectivity index (χ2n) is 4.01. The molecule has 0 saturated carbocycles. The average molecular weight is 375 g/mol. The number of halogens is 1. The Hall–Kier alpha value is -2.29. The average Bonchev–Trinajstić information content (AvgIpc) is 2.50. The number of nitrogens with two attached hydrogens (primary N) is 1. The van der Waals surface area contributed by atoms with E-state index in [0.29, 0.717) is 16.0 Å². The maximum Gasteiger partial charge on any atom is 0.338 e. The van der Waals surface area contributed by atoms with Crippen molar-refractivity contribution in [3.63, 3.8) is 0 Å². The first-order chi connectivity index (χ1) is 10.4. The minimum atomic E-state index is -0.738. The summed E-state index contributed by atoms with van der Waals surface area (Å²) in [5.41, 5.74) is 5.02. The van der Waals surface area contributed by atoms with Crippen molar-refractivity contribution in [2.45, 2.75) is 0 Å². The van der Waals surface area contributed by atoms with Crippen LogP contribution in [-0.4, -0.2) is 45.2 Å². The molecule has 0 aliphatic rings. The predicted molar refractivity (Wildman–Crippen MR) is 79.7 cm³/mol. The smallest absolute Gasteiger partial charge is 0.338 e. The lowest BCUT2D eigenvalue weighted by molar-refractivity contribution is -0.127. The monoisotopic (exact) mass is 374 g/mol. The molecule has 0 aromatic heterocycles. The molecule has 1 rings (SSSR count). The minimum absolute atomic E-state index is 0.152. The van der Waals surface area contributed by atoms with Gasteiger partial charge >= 0.3 is 5.97 Å². The fourth-order valence-corrected chi connectivity index (χ4v) is 1.99. The number of nitrogens with one attached hydrogen (secondary N) is 1. The molecule has 8 nitrogen and oxygen atoms in total. The summed E-state index contributed by atoms with van der Waals surface area (Å²) >= 11 is 3.27. The number of hydrogen-bond acceptors (Lipinski definition) is 6. The highest BCUT2D eigenvalue weighted by atomic mass is 79.9. The van der Waals surface area contributed by atoms with Crippen LogP contribution < -0.4 is 20.5 Å². The Morgan fingerprint density at radius 3 is 2.18 bits per heavy atom. The molecule has 2 amide bonds. The molecule has 0 bridgehead atoms. The lowest BCUT2D eigenvalue weighted by Gasteiger charge is -2.11. The van der Waals surface area contributed by atoms with E-state index >= 15 is 0 Å². The van der Waals surface area contributed by atoms with Gasteiger partial charge in [-0.2, -0.15) is 0 Å². The van der Waals surface area contributed by atoms with Crippen molar-refractivity contribution in [2.75, 3.05) is 27.4 Å². The number of carbonyl (C=O) groups is 3. The van der Waals surface area contributed by atoms with Gasteiger partial charge in [-0.25, -0.2) is 4.79 Å². The molecule has 0 unspecified atom stereocenters. The molecule has 0 fully saturated rings. The van der Waals surface area contributed by atoms with Gasteiger partial charge < -0.3 is 25.3 Å². The maximum atomic E-state index is 11.9. The zero-order valence-corrected chi connectivity index (χ0v) is 13.6. The molecule has 1 aromatic rings.